The van der Waals surface area contributed by atoms with Gasteiger partial charge in [0, 0.05) is 10.9 Å². The van der Waals surface area contributed by atoms with Gasteiger partial charge in [-0.05, 0) is 37.1 Å². The van der Waals surface area contributed by atoms with E-state index in [9.17, 15) is 14.9 Å². The fraction of sp³-hybridized carbons (Fsp3) is 0.320. The number of carbonyl (C=O) groups excluding carboxylic acids is 1. The lowest BCUT2D eigenvalue weighted by atomic mass is 9.96. The highest BCUT2D eigenvalue weighted by Gasteiger charge is 2.23. The van der Waals surface area contributed by atoms with Crippen LogP contribution in [0.1, 0.15) is 37.7 Å². The molecule has 12 heteroatoms. The van der Waals surface area contributed by atoms with E-state index in [1.165, 1.54) is 30.0 Å². The quantitative estimate of drug-likeness (QED) is 0.303. The van der Waals surface area contributed by atoms with Crippen LogP contribution in [0.25, 0.3) is 11.3 Å². The number of nitrogens with one attached hydrogen (secondary N) is 1. The van der Waals surface area contributed by atoms with Crippen LogP contribution in [-0.2, 0) is 4.79 Å². The number of hydrogen-bond donors (Lipinski definition) is 1. The summed E-state index contributed by atoms with van der Waals surface area (Å²) in [7, 11) is 0. The van der Waals surface area contributed by atoms with Gasteiger partial charge in [0.1, 0.15) is 5.75 Å². The van der Waals surface area contributed by atoms with Gasteiger partial charge >= 0.3 is 0 Å². The number of aromatic nitrogens is 1. The Morgan fingerprint density at radius 2 is 1.89 bits per heavy atom. The van der Waals surface area contributed by atoms with Crippen LogP contribution < -0.4 is 24.3 Å². The first kappa shape index (κ1) is 23.2. The van der Waals surface area contributed by atoms with E-state index < -0.39 is 4.92 Å². The summed E-state index contributed by atoms with van der Waals surface area (Å²) >= 11 is 1.45. The third-order valence-corrected chi connectivity index (χ3v) is 7.32. The second kappa shape index (κ2) is 9.69. The largest absolute Gasteiger partial charge is 0.482 e. The minimum absolute atomic E-state index is 0.0134. The molecule has 2 aliphatic heterocycles. The van der Waals surface area contributed by atoms with Gasteiger partial charge in [0.05, 0.1) is 40.2 Å². The van der Waals surface area contributed by atoms with Crippen molar-refractivity contribution in [1.29, 1.82) is 0 Å². The van der Waals surface area contributed by atoms with Gasteiger partial charge in [-0.15, -0.1) is 11.3 Å². The van der Waals surface area contributed by atoms with Crippen molar-refractivity contribution in [3.63, 3.8) is 0 Å². The lowest BCUT2D eigenvalue weighted by Crippen LogP contribution is -2.25. The van der Waals surface area contributed by atoms with E-state index in [1.54, 1.807) is 16.8 Å². The van der Waals surface area contributed by atoms with E-state index in [0.717, 1.165) is 36.9 Å². The summed E-state index contributed by atoms with van der Waals surface area (Å²) < 4.78 is 17.9. The number of hydrogen-bond acceptors (Lipinski definition) is 9. The molecule has 2 aromatic carbocycles. The number of nitro benzene ring substituents is 1. The Hall–Kier alpha value is -4.19. The highest BCUT2D eigenvalue weighted by molar-refractivity contribution is 7.07. The van der Waals surface area contributed by atoms with Gasteiger partial charge in [-0.1, -0.05) is 19.3 Å². The summed E-state index contributed by atoms with van der Waals surface area (Å²) in [6.07, 6.45) is 6.99. The van der Waals surface area contributed by atoms with Crippen molar-refractivity contribution < 1.29 is 23.9 Å². The second-order valence-corrected chi connectivity index (χ2v) is 9.79. The molecule has 1 amide bonds. The van der Waals surface area contributed by atoms with E-state index in [2.05, 4.69) is 10.4 Å². The molecule has 0 bridgehead atoms. The molecule has 3 aliphatic rings. The Kier molecular flexibility index (Phi) is 6.08. The molecule has 0 saturated heterocycles. The average molecular weight is 522 g/mol. The van der Waals surface area contributed by atoms with Crippen LogP contribution in [0.15, 0.2) is 45.8 Å². The van der Waals surface area contributed by atoms with Crippen molar-refractivity contribution in [1.82, 2.24) is 4.68 Å². The summed E-state index contributed by atoms with van der Waals surface area (Å²) in [4.78, 5) is 28.8. The number of nitrogens with zero attached hydrogens (tertiary/aromatic N) is 4. The van der Waals surface area contributed by atoms with Crippen molar-refractivity contribution >= 4 is 34.8 Å². The Morgan fingerprint density at radius 3 is 2.70 bits per heavy atom. The zero-order chi connectivity index (χ0) is 25.4. The van der Waals surface area contributed by atoms with Crippen LogP contribution in [0.2, 0.25) is 0 Å². The van der Waals surface area contributed by atoms with Gasteiger partial charge in [-0.25, -0.2) is 4.68 Å². The van der Waals surface area contributed by atoms with E-state index in [4.69, 9.17) is 19.2 Å². The maximum absolute atomic E-state index is 11.8. The van der Waals surface area contributed by atoms with Crippen molar-refractivity contribution in [3.8, 4) is 28.5 Å². The second-order valence-electron chi connectivity index (χ2n) is 8.95. The summed E-state index contributed by atoms with van der Waals surface area (Å²) in [6.45, 7) is -0.00662. The number of carbonyl (C=O) groups is 1. The van der Waals surface area contributed by atoms with Crippen molar-refractivity contribution in [2.45, 2.75) is 38.1 Å². The molecule has 0 atom stereocenters. The molecule has 1 N–H and O–H groups in total. The number of anilines is 1. The smallest absolute Gasteiger partial charge is 0.282 e. The van der Waals surface area contributed by atoms with E-state index in [1.807, 2.05) is 17.5 Å². The normalized spacial score (nSPS) is 17.5. The van der Waals surface area contributed by atoms with Crippen LogP contribution in [-0.4, -0.2) is 41.2 Å². The molecule has 3 heterocycles. The summed E-state index contributed by atoms with van der Waals surface area (Å²) in [6, 6.07) is 8.63. The minimum Gasteiger partial charge on any atom is -0.482 e. The Balaban J connectivity index is 1.45. The Labute approximate surface area is 215 Å². The number of rotatable bonds is 5. The van der Waals surface area contributed by atoms with E-state index >= 15 is 0 Å². The van der Waals surface area contributed by atoms with Crippen molar-refractivity contribution in [2.75, 3.05) is 18.7 Å². The van der Waals surface area contributed by atoms with Gasteiger partial charge in [0.15, 0.2) is 18.1 Å². The van der Waals surface area contributed by atoms with Crippen molar-refractivity contribution in [2.24, 2.45) is 10.1 Å². The Morgan fingerprint density at radius 1 is 1.08 bits per heavy atom. The molecule has 1 fully saturated rings. The van der Waals surface area contributed by atoms with Crippen LogP contribution in [0.5, 0.6) is 17.2 Å². The number of ether oxygens (including phenoxy) is 3. The highest BCUT2D eigenvalue weighted by Crippen LogP contribution is 2.37. The maximum atomic E-state index is 11.8. The number of thiazole rings is 1. The molecule has 37 heavy (non-hydrogen) atoms. The number of nitro groups is 1. The number of benzene rings is 2. The molecule has 0 spiro atoms. The first-order valence-corrected chi connectivity index (χ1v) is 12.9. The van der Waals surface area contributed by atoms with Gasteiger partial charge in [-0.2, -0.15) is 5.10 Å². The molecule has 0 unspecified atom stereocenters. The van der Waals surface area contributed by atoms with Crippen LogP contribution >= 0.6 is 11.3 Å². The van der Waals surface area contributed by atoms with E-state index in [0.29, 0.717) is 27.7 Å². The maximum Gasteiger partial charge on any atom is 0.282 e. The molecule has 6 rings (SSSR count). The predicted octanol–water partition coefficient (Wildman–Crippen LogP) is 4.30. The number of amides is 1. The standard InChI is InChI=1S/C25H23N5O6S/c31-24-12-34-21-7-6-15(8-18(21)28-24)20-13-37-25(27-17-4-2-1-3-5-17)29(20)26-11-16-9-22-23(36-14-35-22)10-19(16)30(32)33/h6-11,13,17H,1-5,12,14H2,(H,28,31). The van der Waals surface area contributed by atoms with Gasteiger partial charge in [-0.3, -0.25) is 19.9 Å². The van der Waals surface area contributed by atoms with Gasteiger partial charge in [0.2, 0.25) is 11.6 Å². The van der Waals surface area contributed by atoms with Crippen LogP contribution in [0.3, 0.4) is 0 Å². The van der Waals surface area contributed by atoms with Gasteiger partial charge in [0.25, 0.3) is 11.6 Å². The Bertz CT molecular complexity index is 1490. The third kappa shape index (κ3) is 4.67. The molecular formula is C25H23N5O6S. The lowest BCUT2D eigenvalue weighted by Gasteiger charge is -2.18. The minimum atomic E-state index is -0.470. The molecule has 3 aromatic rings. The zero-order valence-electron chi connectivity index (χ0n) is 19.7. The molecule has 1 aliphatic carbocycles. The average Bonchev–Trinajstić information content (AvgIpc) is 3.53. The molecule has 190 valence electrons. The lowest BCUT2D eigenvalue weighted by molar-refractivity contribution is -0.385. The molecule has 1 aromatic heterocycles. The first-order valence-electron chi connectivity index (χ1n) is 12.0. The molecule has 11 nitrogen and oxygen atoms in total. The molecule has 1 saturated carbocycles. The zero-order valence-corrected chi connectivity index (χ0v) is 20.5. The summed E-state index contributed by atoms with van der Waals surface area (Å²) in [5.41, 5.74) is 2.26. The third-order valence-electron chi connectivity index (χ3n) is 6.49. The molecular weight excluding hydrogens is 498 g/mol. The number of fused-ring (bicyclic) bond motifs is 2. The SMILES string of the molecule is O=C1COc2ccc(-c3csc(=NC4CCCCC4)n3N=Cc3cc4c(cc3[N+](=O)[O-])OCO4)cc2N1. The van der Waals surface area contributed by atoms with Crippen LogP contribution in [0, 0.1) is 10.1 Å². The fourth-order valence-corrected chi connectivity index (χ4v) is 5.54. The summed E-state index contributed by atoms with van der Waals surface area (Å²) in [5.74, 6) is 1.14. The monoisotopic (exact) mass is 521 g/mol. The highest BCUT2D eigenvalue weighted by atomic mass is 32.1. The first-order chi connectivity index (χ1) is 18.0. The predicted molar refractivity (Wildman–Crippen MR) is 137 cm³/mol. The van der Waals surface area contributed by atoms with Gasteiger partial charge < -0.3 is 19.5 Å². The van der Waals surface area contributed by atoms with Crippen molar-refractivity contribution in [3.05, 3.63) is 56.2 Å². The summed E-state index contributed by atoms with van der Waals surface area (Å²) in [5, 5.41) is 21.2. The topological polar surface area (TPSA) is 130 Å². The van der Waals surface area contributed by atoms with E-state index in [-0.39, 0.29) is 36.6 Å². The molecule has 0 radical (unpaired) electrons. The fourth-order valence-electron chi connectivity index (χ4n) is 4.64. The van der Waals surface area contributed by atoms with Crippen LogP contribution in [0.4, 0.5) is 11.4 Å².